The van der Waals surface area contributed by atoms with Crippen molar-refractivity contribution in [2.75, 3.05) is 7.05 Å². The van der Waals surface area contributed by atoms with Gasteiger partial charge >= 0.3 is 12.4 Å². The standard InChI is InChI=1S/C12H10F6N2.C12H13N3O/c1-3-20-10(19-2)7-4-8(11(13,14)15)6-9(5-7)12(16,17)18;1-2-3-10(12(13)16)8-4-5-9-7-14-15-11(9)6-8/h3-6H,1-2H3;3-7H,2H2,1H3,(H2,13,16)(H,14,15)/b;10-3+. The summed E-state index contributed by atoms with van der Waals surface area (Å²) < 4.78 is 75.9. The number of hydrogen-bond donors (Lipinski definition) is 2. The minimum Gasteiger partial charge on any atom is -0.366 e. The molecule has 2 aromatic carbocycles. The number of hydrogen-bond acceptors (Lipinski definition) is 3. The highest BCUT2D eigenvalue weighted by Crippen LogP contribution is 2.36. The van der Waals surface area contributed by atoms with Gasteiger partial charge in [-0.05, 0) is 43.2 Å². The molecule has 1 aromatic heterocycles. The molecule has 3 rings (SSSR count). The molecule has 0 fully saturated rings. The lowest BCUT2D eigenvalue weighted by Crippen LogP contribution is -2.13. The van der Waals surface area contributed by atoms with Gasteiger partial charge in [0.15, 0.2) is 5.84 Å². The lowest BCUT2D eigenvalue weighted by molar-refractivity contribution is -0.143. The fraction of sp³-hybridized carbons (Fsp3) is 0.250. The average molecular weight is 511 g/mol. The zero-order chi connectivity index (χ0) is 27.1. The van der Waals surface area contributed by atoms with Crippen molar-refractivity contribution >= 4 is 34.4 Å². The van der Waals surface area contributed by atoms with E-state index in [4.69, 9.17) is 5.73 Å². The summed E-state index contributed by atoms with van der Waals surface area (Å²) in [6.07, 6.45) is -4.18. The van der Waals surface area contributed by atoms with Crippen LogP contribution in [0.15, 0.2) is 58.7 Å². The van der Waals surface area contributed by atoms with E-state index in [-0.39, 0.29) is 17.5 Å². The van der Waals surface area contributed by atoms with Crippen molar-refractivity contribution in [3.05, 3.63) is 70.9 Å². The summed E-state index contributed by atoms with van der Waals surface area (Å²) in [4.78, 5) is 18.5. The number of aliphatic imine (C=N–C) groups is 2. The van der Waals surface area contributed by atoms with Gasteiger partial charge in [-0.2, -0.15) is 31.4 Å². The minimum absolute atomic E-state index is 0.0619. The third kappa shape index (κ3) is 7.27. The number of primary amides is 1. The van der Waals surface area contributed by atoms with Crippen molar-refractivity contribution in [3.8, 4) is 0 Å². The molecule has 0 atom stereocenters. The van der Waals surface area contributed by atoms with Crippen LogP contribution >= 0.6 is 0 Å². The Morgan fingerprint density at radius 3 is 2.11 bits per heavy atom. The van der Waals surface area contributed by atoms with Crippen molar-refractivity contribution in [2.24, 2.45) is 15.7 Å². The van der Waals surface area contributed by atoms with Gasteiger partial charge in [-0.3, -0.25) is 14.9 Å². The zero-order valence-electron chi connectivity index (χ0n) is 19.5. The number of amides is 1. The molecule has 0 aliphatic carbocycles. The molecule has 0 saturated heterocycles. The van der Waals surface area contributed by atoms with Crippen molar-refractivity contribution < 1.29 is 31.1 Å². The van der Waals surface area contributed by atoms with Gasteiger partial charge in [0.05, 0.1) is 22.8 Å². The Morgan fingerprint density at radius 2 is 1.64 bits per heavy atom. The summed E-state index contributed by atoms with van der Waals surface area (Å²) in [5.41, 5.74) is 4.50. The maximum Gasteiger partial charge on any atom is 0.416 e. The Morgan fingerprint density at radius 1 is 1.03 bits per heavy atom. The number of alkyl halides is 6. The molecule has 12 heteroatoms. The van der Waals surface area contributed by atoms with Gasteiger partial charge in [-0.15, -0.1) is 0 Å². The van der Waals surface area contributed by atoms with E-state index in [0.717, 1.165) is 22.9 Å². The van der Waals surface area contributed by atoms with Crippen LogP contribution in [0.1, 0.15) is 42.5 Å². The maximum atomic E-state index is 12.6. The lowest BCUT2D eigenvalue weighted by atomic mass is 10.0. The number of carbonyl (C=O) groups excluding carboxylic acids is 1. The molecule has 192 valence electrons. The van der Waals surface area contributed by atoms with Crippen LogP contribution in [0.25, 0.3) is 16.5 Å². The highest BCUT2D eigenvalue weighted by atomic mass is 19.4. The van der Waals surface area contributed by atoms with Gasteiger partial charge in [0.2, 0.25) is 5.91 Å². The van der Waals surface area contributed by atoms with Crippen LogP contribution in [0.4, 0.5) is 26.3 Å². The van der Waals surface area contributed by atoms with E-state index in [9.17, 15) is 31.1 Å². The van der Waals surface area contributed by atoms with E-state index in [1.54, 1.807) is 6.20 Å². The number of fused-ring (bicyclic) bond motifs is 1. The highest BCUT2D eigenvalue weighted by molar-refractivity contribution is 6.19. The van der Waals surface area contributed by atoms with Gasteiger partial charge in [0.1, 0.15) is 0 Å². The normalized spacial score (nSPS) is 13.1. The van der Waals surface area contributed by atoms with E-state index >= 15 is 0 Å². The molecule has 0 bridgehead atoms. The second-order valence-electron chi connectivity index (χ2n) is 7.29. The number of rotatable bonds is 4. The molecule has 0 aliphatic heterocycles. The van der Waals surface area contributed by atoms with Crippen LogP contribution in [0.5, 0.6) is 0 Å². The summed E-state index contributed by atoms with van der Waals surface area (Å²) >= 11 is 0. The summed E-state index contributed by atoms with van der Waals surface area (Å²) in [5, 5.41) is 7.82. The number of aromatic nitrogens is 2. The Hall–Kier alpha value is -3.96. The molecule has 3 N–H and O–H groups in total. The average Bonchev–Trinajstić information content (AvgIpc) is 3.27. The van der Waals surface area contributed by atoms with E-state index in [0.29, 0.717) is 17.7 Å². The molecular weight excluding hydrogens is 488 g/mol. The molecule has 0 aliphatic rings. The number of benzene rings is 2. The van der Waals surface area contributed by atoms with Crippen molar-refractivity contribution in [2.45, 2.75) is 32.6 Å². The number of halogens is 6. The zero-order valence-corrected chi connectivity index (χ0v) is 19.5. The van der Waals surface area contributed by atoms with Crippen molar-refractivity contribution in [1.82, 2.24) is 10.2 Å². The minimum atomic E-state index is -4.88. The Balaban J connectivity index is 0.000000259. The number of allylic oxidation sites excluding steroid dienone is 1. The van der Waals surface area contributed by atoms with Gasteiger partial charge in [0, 0.05) is 29.8 Å². The van der Waals surface area contributed by atoms with Gasteiger partial charge in [0.25, 0.3) is 0 Å². The molecule has 0 unspecified atom stereocenters. The largest absolute Gasteiger partial charge is 0.416 e. The lowest BCUT2D eigenvalue weighted by Gasteiger charge is -2.13. The summed E-state index contributed by atoms with van der Waals surface area (Å²) in [6.45, 7) is 3.45. The summed E-state index contributed by atoms with van der Waals surface area (Å²) in [6, 6.07) is 6.92. The fourth-order valence-electron chi connectivity index (χ4n) is 3.14. The van der Waals surface area contributed by atoms with Crippen LogP contribution < -0.4 is 5.73 Å². The van der Waals surface area contributed by atoms with E-state index in [1.807, 2.05) is 31.2 Å². The summed E-state index contributed by atoms with van der Waals surface area (Å²) in [5.74, 6) is -0.607. The second kappa shape index (κ2) is 11.6. The first kappa shape index (κ1) is 28.3. The molecule has 0 saturated carbocycles. The van der Waals surface area contributed by atoms with Crippen molar-refractivity contribution in [3.63, 3.8) is 0 Å². The predicted octanol–water partition coefficient (Wildman–Crippen LogP) is 6.03. The Bertz CT molecular complexity index is 1270. The molecule has 3 aromatic rings. The first-order valence-corrected chi connectivity index (χ1v) is 10.5. The molecule has 0 spiro atoms. The first-order chi connectivity index (χ1) is 16.8. The molecule has 0 radical (unpaired) electrons. The molecular formula is C24H23F6N5O. The van der Waals surface area contributed by atoms with Crippen LogP contribution in [0.2, 0.25) is 0 Å². The molecule has 6 nitrogen and oxygen atoms in total. The third-order valence-corrected chi connectivity index (χ3v) is 4.74. The monoisotopic (exact) mass is 511 g/mol. The number of H-pyrrole nitrogens is 1. The van der Waals surface area contributed by atoms with Gasteiger partial charge < -0.3 is 5.73 Å². The SMILES string of the molecule is CC/C=C(/C(N)=O)c1ccc2cn[nH]c2c1.CC=NC(=NC)c1cc(C(F)(F)F)cc(C(F)(F)F)c1. The number of carbonyl (C=O) groups is 1. The Kier molecular flexibility index (Phi) is 9.15. The number of nitrogens with two attached hydrogens (primary N) is 1. The molecule has 1 amide bonds. The highest BCUT2D eigenvalue weighted by Gasteiger charge is 2.37. The van der Waals surface area contributed by atoms with Gasteiger partial charge in [-0.1, -0.05) is 25.1 Å². The number of aromatic amines is 1. The smallest absolute Gasteiger partial charge is 0.366 e. The van der Waals surface area contributed by atoms with E-state index in [2.05, 4.69) is 20.2 Å². The first-order valence-electron chi connectivity index (χ1n) is 10.5. The van der Waals surface area contributed by atoms with Crippen molar-refractivity contribution in [1.29, 1.82) is 0 Å². The fourth-order valence-corrected chi connectivity index (χ4v) is 3.14. The van der Waals surface area contributed by atoms with E-state index < -0.39 is 29.4 Å². The third-order valence-electron chi connectivity index (χ3n) is 4.74. The number of nitrogens with one attached hydrogen (secondary N) is 1. The van der Waals surface area contributed by atoms with Crippen LogP contribution in [0, 0.1) is 0 Å². The summed E-state index contributed by atoms with van der Waals surface area (Å²) in [7, 11) is 1.23. The van der Waals surface area contributed by atoms with Crippen LogP contribution in [0.3, 0.4) is 0 Å². The number of nitrogens with zero attached hydrogens (tertiary/aromatic N) is 3. The molecule has 36 heavy (non-hydrogen) atoms. The van der Waals surface area contributed by atoms with Crippen LogP contribution in [-0.2, 0) is 17.1 Å². The maximum absolute atomic E-state index is 12.6. The second-order valence-corrected chi connectivity index (χ2v) is 7.29. The Labute approximate surface area is 202 Å². The quantitative estimate of drug-likeness (QED) is 0.194. The predicted molar refractivity (Wildman–Crippen MR) is 127 cm³/mol. The number of amidine groups is 1. The van der Waals surface area contributed by atoms with Crippen LogP contribution in [-0.4, -0.2) is 35.2 Å². The van der Waals surface area contributed by atoms with Gasteiger partial charge in [-0.25, -0.2) is 4.99 Å². The van der Waals surface area contributed by atoms with E-state index in [1.165, 1.54) is 20.2 Å². The topological polar surface area (TPSA) is 96.5 Å². The molecule has 1 heterocycles.